The minimum atomic E-state index is 0.662. The number of hydrogen-bond donors (Lipinski definition) is 1. The predicted octanol–water partition coefficient (Wildman–Crippen LogP) is 2.64. The standard InChI is InChI=1S/C12H24N2S/c1-4-11-6-5-7-14(9-11)12(15)13-8-10(2)3/h10-11H,4-9H2,1-3H3,(H,13,15). The van der Waals surface area contributed by atoms with Gasteiger partial charge in [0, 0.05) is 19.6 Å². The van der Waals surface area contributed by atoms with Crippen LogP contribution in [0, 0.1) is 11.8 Å². The van der Waals surface area contributed by atoms with Crippen LogP contribution in [0.4, 0.5) is 0 Å². The van der Waals surface area contributed by atoms with Gasteiger partial charge in [0.05, 0.1) is 0 Å². The van der Waals surface area contributed by atoms with Crippen LogP contribution in [0.2, 0.25) is 0 Å². The highest BCUT2D eigenvalue weighted by Gasteiger charge is 2.19. The van der Waals surface area contributed by atoms with Crippen molar-refractivity contribution in [2.75, 3.05) is 19.6 Å². The van der Waals surface area contributed by atoms with Crippen molar-refractivity contribution >= 4 is 17.3 Å². The van der Waals surface area contributed by atoms with Crippen LogP contribution in [-0.2, 0) is 0 Å². The maximum atomic E-state index is 5.41. The van der Waals surface area contributed by atoms with Crippen molar-refractivity contribution < 1.29 is 0 Å². The molecular weight excluding hydrogens is 204 g/mol. The number of piperidine rings is 1. The summed E-state index contributed by atoms with van der Waals surface area (Å²) in [5, 5.41) is 4.31. The van der Waals surface area contributed by atoms with E-state index in [1.807, 2.05) is 0 Å². The van der Waals surface area contributed by atoms with Gasteiger partial charge in [-0.3, -0.25) is 0 Å². The Labute approximate surface area is 99.4 Å². The second-order valence-electron chi connectivity index (χ2n) is 4.94. The molecule has 15 heavy (non-hydrogen) atoms. The van der Waals surface area contributed by atoms with E-state index < -0.39 is 0 Å². The van der Waals surface area contributed by atoms with Gasteiger partial charge in [0.2, 0.25) is 0 Å². The Bertz CT molecular complexity index is 204. The Hall–Kier alpha value is -0.310. The van der Waals surface area contributed by atoms with Crippen LogP contribution in [0.25, 0.3) is 0 Å². The lowest BCUT2D eigenvalue weighted by atomic mass is 9.96. The Morgan fingerprint density at radius 2 is 2.27 bits per heavy atom. The number of likely N-dealkylation sites (tertiary alicyclic amines) is 1. The molecule has 3 heteroatoms. The summed E-state index contributed by atoms with van der Waals surface area (Å²) in [6.45, 7) is 9.98. The highest BCUT2D eigenvalue weighted by atomic mass is 32.1. The highest BCUT2D eigenvalue weighted by molar-refractivity contribution is 7.80. The lowest BCUT2D eigenvalue weighted by molar-refractivity contribution is 0.250. The smallest absolute Gasteiger partial charge is 0.168 e. The van der Waals surface area contributed by atoms with E-state index in [1.165, 1.54) is 19.3 Å². The van der Waals surface area contributed by atoms with Gasteiger partial charge in [-0.2, -0.15) is 0 Å². The molecule has 0 spiro atoms. The van der Waals surface area contributed by atoms with Crippen LogP contribution in [0.5, 0.6) is 0 Å². The average molecular weight is 228 g/mol. The highest BCUT2D eigenvalue weighted by Crippen LogP contribution is 2.18. The minimum Gasteiger partial charge on any atom is -0.362 e. The molecule has 0 aromatic carbocycles. The SMILES string of the molecule is CCC1CCCN(C(=S)NCC(C)C)C1. The Balaban J connectivity index is 2.32. The summed E-state index contributed by atoms with van der Waals surface area (Å²) in [6, 6.07) is 0. The van der Waals surface area contributed by atoms with Crippen LogP contribution >= 0.6 is 12.2 Å². The number of hydrogen-bond acceptors (Lipinski definition) is 1. The van der Waals surface area contributed by atoms with Gasteiger partial charge in [-0.25, -0.2) is 0 Å². The molecule has 1 atom stereocenters. The van der Waals surface area contributed by atoms with Gasteiger partial charge in [-0.15, -0.1) is 0 Å². The molecule has 1 aliphatic heterocycles. The summed E-state index contributed by atoms with van der Waals surface area (Å²) < 4.78 is 0. The van der Waals surface area contributed by atoms with E-state index in [0.29, 0.717) is 5.92 Å². The second-order valence-corrected chi connectivity index (χ2v) is 5.33. The van der Waals surface area contributed by atoms with Crippen molar-refractivity contribution in [1.82, 2.24) is 10.2 Å². The molecule has 0 bridgehead atoms. The number of nitrogens with one attached hydrogen (secondary N) is 1. The zero-order valence-corrected chi connectivity index (χ0v) is 11.1. The molecule has 88 valence electrons. The first-order valence-electron chi connectivity index (χ1n) is 6.16. The van der Waals surface area contributed by atoms with Crippen molar-refractivity contribution in [3.05, 3.63) is 0 Å². The monoisotopic (exact) mass is 228 g/mol. The van der Waals surface area contributed by atoms with Crippen molar-refractivity contribution in [3.63, 3.8) is 0 Å². The second kappa shape index (κ2) is 6.31. The lowest BCUT2D eigenvalue weighted by Gasteiger charge is -2.34. The number of rotatable bonds is 3. The third-order valence-electron chi connectivity index (χ3n) is 3.05. The topological polar surface area (TPSA) is 15.3 Å². The molecule has 0 aliphatic carbocycles. The molecule has 2 nitrogen and oxygen atoms in total. The predicted molar refractivity (Wildman–Crippen MR) is 70.0 cm³/mol. The van der Waals surface area contributed by atoms with E-state index in [4.69, 9.17) is 12.2 Å². The maximum Gasteiger partial charge on any atom is 0.168 e. The van der Waals surface area contributed by atoms with Crippen molar-refractivity contribution in [2.45, 2.75) is 40.0 Å². The minimum absolute atomic E-state index is 0.662. The molecule has 1 N–H and O–H groups in total. The van der Waals surface area contributed by atoms with Gasteiger partial charge in [0.25, 0.3) is 0 Å². The quantitative estimate of drug-likeness (QED) is 0.748. The Morgan fingerprint density at radius 3 is 2.87 bits per heavy atom. The van der Waals surface area contributed by atoms with Gasteiger partial charge in [-0.1, -0.05) is 27.2 Å². The van der Waals surface area contributed by atoms with Gasteiger partial charge < -0.3 is 10.2 Å². The summed E-state index contributed by atoms with van der Waals surface area (Å²) in [4.78, 5) is 2.34. The van der Waals surface area contributed by atoms with Crippen molar-refractivity contribution in [3.8, 4) is 0 Å². The van der Waals surface area contributed by atoms with E-state index in [2.05, 4.69) is 31.0 Å². The molecule has 1 heterocycles. The van der Waals surface area contributed by atoms with E-state index in [1.54, 1.807) is 0 Å². The first-order chi connectivity index (χ1) is 7.13. The summed E-state index contributed by atoms with van der Waals surface area (Å²) in [7, 11) is 0. The van der Waals surface area contributed by atoms with E-state index in [-0.39, 0.29) is 0 Å². The summed E-state index contributed by atoms with van der Waals surface area (Å²) in [5.74, 6) is 1.51. The van der Waals surface area contributed by atoms with E-state index in [0.717, 1.165) is 30.7 Å². The van der Waals surface area contributed by atoms with Crippen LogP contribution < -0.4 is 5.32 Å². The van der Waals surface area contributed by atoms with Crippen molar-refractivity contribution in [2.24, 2.45) is 11.8 Å². The molecule has 1 fully saturated rings. The van der Waals surface area contributed by atoms with Gasteiger partial charge in [0.1, 0.15) is 0 Å². The fraction of sp³-hybridized carbons (Fsp3) is 0.917. The molecule has 1 unspecified atom stereocenters. The van der Waals surface area contributed by atoms with Gasteiger partial charge in [0.15, 0.2) is 5.11 Å². The molecule has 0 saturated carbocycles. The first-order valence-corrected chi connectivity index (χ1v) is 6.57. The molecular formula is C12H24N2S. The Kier molecular flexibility index (Phi) is 5.37. The van der Waals surface area contributed by atoms with Gasteiger partial charge in [-0.05, 0) is 36.9 Å². The fourth-order valence-electron chi connectivity index (χ4n) is 1.99. The van der Waals surface area contributed by atoms with E-state index >= 15 is 0 Å². The molecule has 0 radical (unpaired) electrons. The molecule has 0 aromatic rings. The summed E-state index contributed by atoms with van der Waals surface area (Å²) in [5.41, 5.74) is 0. The zero-order valence-electron chi connectivity index (χ0n) is 10.3. The third-order valence-corrected chi connectivity index (χ3v) is 3.45. The van der Waals surface area contributed by atoms with Crippen LogP contribution in [0.1, 0.15) is 40.0 Å². The zero-order chi connectivity index (χ0) is 11.3. The van der Waals surface area contributed by atoms with Crippen LogP contribution in [0.15, 0.2) is 0 Å². The van der Waals surface area contributed by atoms with Crippen molar-refractivity contribution in [1.29, 1.82) is 0 Å². The summed E-state index contributed by atoms with van der Waals surface area (Å²) >= 11 is 5.41. The van der Waals surface area contributed by atoms with E-state index in [9.17, 15) is 0 Å². The first kappa shape index (κ1) is 12.8. The largest absolute Gasteiger partial charge is 0.362 e. The normalized spacial score (nSPS) is 21.9. The van der Waals surface area contributed by atoms with Gasteiger partial charge >= 0.3 is 0 Å². The number of nitrogens with zero attached hydrogens (tertiary/aromatic N) is 1. The molecule has 0 amide bonds. The fourth-order valence-corrected chi connectivity index (χ4v) is 2.24. The molecule has 1 aliphatic rings. The molecule has 1 saturated heterocycles. The Morgan fingerprint density at radius 1 is 1.53 bits per heavy atom. The summed E-state index contributed by atoms with van der Waals surface area (Å²) in [6.07, 6.45) is 3.95. The molecule has 1 rings (SSSR count). The maximum absolute atomic E-state index is 5.41. The lowest BCUT2D eigenvalue weighted by Crippen LogP contribution is -2.46. The average Bonchev–Trinajstić information content (AvgIpc) is 2.26. The molecule has 0 aromatic heterocycles. The number of thiocarbonyl (C=S) groups is 1. The van der Waals surface area contributed by atoms with Crippen LogP contribution in [-0.4, -0.2) is 29.6 Å². The van der Waals surface area contributed by atoms with Crippen LogP contribution in [0.3, 0.4) is 0 Å². The third kappa shape index (κ3) is 4.37.